The highest BCUT2D eigenvalue weighted by atomic mass is 32.1. The Bertz CT molecular complexity index is 485. The molecule has 0 saturated carbocycles. The van der Waals surface area contributed by atoms with Crippen molar-refractivity contribution in [2.75, 3.05) is 0 Å². The maximum atomic E-state index is 4.22. The van der Waals surface area contributed by atoms with Crippen LogP contribution in [0.3, 0.4) is 0 Å². The topological polar surface area (TPSA) is 29.9 Å². The van der Waals surface area contributed by atoms with E-state index < -0.39 is 0 Å². The number of thiophene rings is 1. The molecule has 0 atom stereocenters. The molecule has 0 saturated heterocycles. The molecule has 0 aliphatic heterocycles. The highest BCUT2D eigenvalue weighted by Gasteiger charge is 2.06. The van der Waals surface area contributed by atoms with Crippen LogP contribution in [0.25, 0.3) is 0 Å². The zero-order valence-corrected chi connectivity index (χ0v) is 12.1. The van der Waals surface area contributed by atoms with Crippen LogP contribution in [0.1, 0.15) is 42.9 Å². The Morgan fingerprint density at radius 2 is 2.22 bits per heavy atom. The van der Waals surface area contributed by atoms with Crippen LogP contribution in [0.4, 0.5) is 0 Å². The fourth-order valence-corrected chi connectivity index (χ4v) is 3.02. The van der Waals surface area contributed by atoms with E-state index in [-0.39, 0.29) is 0 Å². The number of hydrogen-bond donors (Lipinski definition) is 1. The normalized spacial score (nSPS) is 11.3. The molecular formula is C14H21N3S. The van der Waals surface area contributed by atoms with Crippen molar-refractivity contribution >= 4 is 11.3 Å². The predicted octanol–water partition coefficient (Wildman–Crippen LogP) is 3.38. The second kappa shape index (κ2) is 6.16. The molecule has 2 rings (SSSR count). The molecule has 0 aromatic carbocycles. The van der Waals surface area contributed by atoms with E-state index >= 15 is 0 Å². The first-order chi connectivity index (χ1) is 8.72. The Morgan fingerprint density at radius 3 is 2.94 bits per heavy atom. The van der Waals surface area contributed by atoms with Gasteiger partial charge in [0, 0.05) is 30.2 Å². The predicted molar refractivity (Wildman–Crippen MR) is 76.9 cm³/mol. The molecule has 0 fully saturated rings. The highest BCUT2D eigenvalue weighted by Crippen LogP contribution is 2.17. The lowest BCUT2D eigenvalue weighted by atomic mass is 10.2. The van der Waals surface area contributed by atoms with Gasteiger partial charge in [0.05, 0.1) is 12.0 Å². The van der Waals surface area contributed by atoms with Crippen molar-refractivity contribution < 1.29 is 0 Å². The quantitative estimate of drug-likeness (QED) is 0.866. The van der Waals surface area contributed by atoms with Gasteiger partial charge in [-0.3, -0.25) is 0 Å². The van der Waals surface area contributed by atoms with Gasteiger partial charge in [-0.2, -0.15) is 0 Å². The van der Waals surface area contributed by atoms with Crippen LogP contribution in [0, 0.1) is 0 Å². The van der Waals surface area contributed by atoms with Gasteiger partial charge in [-0.15, -0.1) is 11.3 Å². The average molecular weight is 263 g/mol. The van der Waals surface area contributed by atoms with E-state index in [0.717, 1.165) is 19.5 Å². The van der Waals surface area contributed by atoms with Gasteiger partial charge in [0.15, 0.2) is 0 Å². The third-order valence-electron chi connectivity index (χ3n) is 3.11. The van der Waals surface area contributed by atoms with E-state index in [1.807, 2.05) is 23.9 Å². The van der Waals surface area contributed by atoms with Gasteiger partial charge in [0.2, 0.25) is 0 Å². The molecule has 3 nitrogen and oxygen atoms in total. The lowest BCUT2D eigenvalue weighted by Gasteiger charge is -2.12. The summed E-state index contributed by atoms with van der Waals surface area (Å²) in [7, 11) is 0. The van der Waals surface area contributed by atoms with E-state index in [9.17, 15) is 0 Å². The summed E-state index contributed by atoms with van der Waals surface area (Å²) in [5.74, 6) is 0. The van der Waals surface area contributed by atoms with Crippen molar-refractivity contribution in [1.29, 1.82) is 0 Å². The number of aryl methyl sites for hydroxylation is 1. The molecule has 98 valence electrons. The molecule has 18 heavy (non-hydrogen) atoms. The molecule has 0 aliphatic carbocycles. The molecular weight excluding hydrogens is 242 g/mol. The molecule has 0 radical (unpaired) electrons. The molecule has 0 bridgehead atoms. The molecule has 0 aliphatic rings. The SMILES string of the molecule is CCc1ccsc1CNCc1cncn1C(C)C. The van der Waals surface area contributed by atoms with Crippen molar-refractivity contribution in [2.24, 2.45) is 0 Å². The van der Waals surface area contributed by atoms with Gasteiger partial charge in [-0.1, -0.05) is 6.92 Å². The van der Waals surface area contributed by atoms with Crippen molar-refractivity contribution in [2.45, 2.75) is 46.3 Å². The van der Waals surface area contributed by atoms with Crippen molar-refractivity contribution in [3.63, 3.8) is 0 Å². The van der Waals surface area contributed by atoms with Gasteiger partial charge < -0.3 is 9.88 Å². The zero-order chi connectivity index (χ0) is 13.0. The van der Waals surface area contributed by atoms with E-state index in [4.69, 9.17) is 0 Å². The van der Waals surface area contributed by atoms with E-state index in [0.29, 0.717) is 6.04 Å². The lowest BCUT2D eigenvalue weighted by molar-refractivity contribution is 0.551. The van der Waals surface area contributed by atoms with Crippen LogP contribution in [-0.2, 0) is 19.5 Å². The van der Waals surface area contributed by atoms with Gasteiger partial charge >= 0.3 is 0 Å². The smallest absolute Gasteiger partial charge is 0.0951 e. The van der Waals surface area contributed by atoms with E-state index in [2.05, 4.69) is 47.1 Å². The largest absolute Gasteiger partial charge is 0.331 e. The summed E-state index contributed by atoms with van der Waals surface area (Å²) >= 11 is 1.84. The summed E-state index contributed by atoms with van der Waals surface area (Å²) in [5, 5.41) is 5.68. The minimum absolute atomic E-state index is 0.470. The third kappa shape index (κ3) is 3.00. The molecule has 4 heteroatoms. The summed E-state index contributed by atoms with van der Waals surface area (Å²) in [5.41, 5.74) is 2.71. The number of nitrogens with one attached hydrogen (secondary N) is 1. The maximum Gasteiger partial charge on any atom is 0.0951 e. The highest BCUT2D eigenvalue weighted by molar-refractivity contribution is 7.10. The monoisotopic (exact) mass is 263 g/mol. The van der Waals surface area contributed by atoms with Gasteiger partial charge in [-0.05, 0) is 37.3 Å². The number of nitrogens with zero attached hydrogens (tertiary/aromatic N) is 2. The Morgan fingerprint density at radius 1 is 1.39 bits per heavy atom. The van der Waals surface area contributed by atoms with Crippen LogP contribution >= 0.6 is 11.3 Å². The Labute approximate surface area is 113 Å². The fourth-order valence-electron chi connectivity index (χ4n) is 2.08. The average Bonchev–Trinajstić information content (AvgIpc) is 2.97. The Kier molecular flexibility index (Phi) is 4.55. The van der Waals surface area contributed by atoms with Gasteiger partial charge in [-0.25, -0.2) is 4.98 Å². The maximum absolute atomic E-state index is 4.22. The summed E-state index contributed by atoms with van der Waals surface area (Å²) in [6.07, 6.45) is 4.97. The summed E-state index contributed by atoms with van der Waals surface area (Å²) in [4.78, 5) is 5.67. The minimum Gasteiger partial charge on any atom is -0.331 e. The standard InChI is InChI=1S/C14H21N3S/c1-4-12-5-6-18-14(12)9-15-7-13-8-16-10-17(13)11(2)3/h5-6,8,10-11,15H,4,7,9H2,1-3H3. The Balaban J connectivity index is 1.90. The van der Waals surface area contributed by atoms with Crippen molar-refractivity contribution in [1.82, 2.24) is 14.9 Å². The van der Waals surface area contributed by atoms with Gasteiger partial charge in [0.1, 0.15) is 0 Å². The molecule has 2 aromatic heterocycles. The van der Waals surface area contributed by atoms with Crippen LogP contribution in [0.2, 0.25) is 0 Å². The fraction of sp³-hybridized carbons (Fsp3) is 0.500. The third-order valence-corrected chi connectivity index (χ3v) is 4.08. The van der Waals surface area contributed by atoms with E-state index in [1.165, 1.54) is 16.1 Å². The summed E-state index contributed by atoms with van der Waals surface area (Å²) in [6, 6.07) is 2.69. The number of aromatic nitrogens is 2. The molecule has 0 spiro atoms. The molecule has 2 aromatic rings. The number of hydrogen-bond acceptors (Lipinski definition) is 3. The van der Waals surface area contributed by atoms with Crippen molar-refractivity contribution in [3.05, 3.63) is 40.1 Å². The summed E-state index contributed by atoms with van der Waals surface area (Å²) in [6.45, 7) is 8.39. The molecule has 1 N–H and O–H groups in total. The second-order valence-electron chi connectivity index (χ2n) is 4.71. The second-order valence-corrected chi connectivity index (χ2v) is 5.71. The Hall–Kier alpha value is -1.13. The first kappa shape index (κ1) is 13.3. The lowest BCUT2D eigenvalue weighted by Crippen LogP contribution is -2.16. The van der Waals surface area contributed by atoms with Crippen LogP contribution < -0.4 is 5.32 Å². The van der Waals surface area contributed by atoms with Crippen LogP contribution in [0.15, 0.2) is 24.0 Å². The zero-order valence-electron chi connectivity index (χ0n) is 11.3. The van der Waals surface area contributed by atoms with Crippen LogP contribution in [0.5, 0.6) is 0 Å². The van der Waals surface area contributed by atoms with Crippen molar-refractivity contribution in [3.8, 4) is 0 Å². The number of imidazole rings is 1. The molecule has 0 amide bonds. The first-order valence-electron chi connectivity index (χ1n) is 6.49. The van der Waals surface area contributed by atoms with Gasteiger partial charge in [0.25, 0.3) is 0 Å². The first-order valence-corrected chi connectivity index (χ1v) is 7.37. The van der Waals surface area contributed by atoms with E-state index in [1.54, 1.807) is 0 Å². The summed E-state index contributed by atoms with van der Waals surface area (Å²) < 4.78 is 2.21. The molecule has 2 heterocycles. The van der Waals surface area contributed by atoms with Crippen LogP contribution in [-0.4, -0.2) is 9.55 Å². The minimum atomic E-state index is 0.470. The number of rotatable bonds is 6. The molecule has 0 unspecified atom stereocenters.